The lowest BCUT2D eigenvalue weighted by Crippen LogP contribution is -2.48. The van der Waals surface area contributed by atoms with E-state index in [-0.39, 0.29) is 12.6 Å². The number of β-amino-alcohol motifs (C(OH)–C–C–N with tert-alkyl or cyclic N) is 1. The summed E-state index contributed by atoms with van der Waals surface area (Å²) in [5, 5.41) is 9.77. The summed E-state index contributed by atoms with van der Waals surface area (Å²) < 4.78 is 0. The predicted molar refractivity (Wildman–Crippen MR) is 56.6 cm³/mol. The van der Waals surface area contributed by atoms with Crippen LogP contribution in [0.5, 0.6) is 0 Å². The van der Waals surface area contributed by atoms with Crippen LogP contribution in [0.4, 0.5) is 0 Å². The smallest absolute Gasteiger partial charge is 0.250 e. The van der Waals surface area contributed by atoms with Gasteiger partial charge in [-0.25, -0.2) is 0 Å². The fourth-order valence-electron chi connectivity index (χ4n) is 1.53. The van der Waals surface area contributed by atoms with Crippen LogP contribution in [-0.4, -0.2) is 45.6 Å². The van der Waals surface area contributed by atoms with Gasteiger partial charge in [0.15, 0.2) is 5.60 Å². The van der Waals surface area contributed by atoms with Gasteiger partial charge < -0.3 is 16.6 Å². The molecule has 0 aliphatic carbocycles. The van der Waals surface area contributed by atoms with Gasteiger partial charge in [-0.2, -0.15) is 0 Å². The van der Waals surface area contributed by atoms with Crippen LogP contribution in [-0.2, 0) is 4.79 Å². The number of likely N-dealkylation sites (tertiary alicyclic amines) is 1. The molecule has 2 atom stereocenters. The van der Waals surface area contributed by atoms with Crippen molar-refractivity contribution in [3.63, 3.8) is 0 Å². The summed E-state index contributed by atoms with van der Waals surface area (Å²) in [5.74, 6) is -0.685. The van der Waals surface area contributed by atoms with E-state index in [0.29, 0.717) is 18.0 Å². The van der Waals surface area contributed by atoms with Crippen molar-refractivity contribution in [3.8, 4) is 0 Å². The number of hydrogen-bond donors (Lipinski definition) is 3. The first-order valence-corrected chi connectivity index (χ1v) is 4.83. The highest BCUT2D eigenvalue weighted by Crippen LogP contribution is 2.22. The second-order valence-corrected chi connectivity index (χ2v) is 4.17. The lowest BCUT2D eigenvalue weighted by molar-refractivity contribution is -0.135. The van der Waals surface area contributed by atoms with Crippen LogP contribution in [0.2, 0.25) is 0 Å². The number of nitrogens with two attached hydrogens (primary N) is 2. The summed E-state index contributed by atoms with van der Waals surface area (Å²) in [7, 11) is 0. The molecule has 5 N–H and O–H groups in total. The standard InChI is InChI=1S/C8H15N3O2S/c1-5(6(9)14)11-3-2-8(13,4-11)7(10)12/h5,13H,2-4H2,1H3,(H2,9,14)(H2,10,12). The lowest BCUT2D eigenvalue weighted by Gasteiger charge is -2.24. The first kappa shape index (κ1) is 11.4. The molecule has 1 amide bonds. The largest absolute Gasteiger partial charge is 0.392 e. The number of rotatable bonds is 3. The molecule has 5 nitrogen and oxygen atoms in total. The van der Waals surface area contributed by atoms with Gasteiger partial charge in [-0.05, 0) is 13.3 Å². The van der Waals surface area contributed by atoms with E-state index in [1.165, 1.54) is 0 Å². The fourth-order valence-corrected chi connectivity index (χ4v) is 1.68. The predicted octanol–water partition coefficient (Wildman–Crippen LogP) is -1.42. The van der Waals surface area contributed by atoms with E-state index in [1.807, 2.05) is 11.8 Å². The van der Waals surface area contributed by atoms with Gasteiger partial charge in [-0.1, -0.05) is 12.2 Å². The van der Waals surface area contributed by atoms with Crippen LogP contribution >= 0.6 is 12.2 Å². The van der Waals surface area contributed by atoms with E-state index < -0.39 is 11.5 Å². The molecular weight excluding hydrogens is 202 g/mol. The molecule has 14 heavy (non-hydrogen) atoms. The van der Waals surface area contributed by atoms with E-state index in [9.17, 15) is 9.90 Å². The number of aliphatic hydroxyl groups is 1. The third kappa shape index (κ3) is 2.02. The van der Waals surface area contributed by atoms with Crippen LogP contribution < -0.4 is 11.5 Å². The highest BCUT2D eigenvalue weighted by molar-refractivity contribution is 7.80. The molecule has 0 spiro atoms. The summed E-state index contributed by atoms with van der Waals surface area (Å²) in [6.07, 6.45) is 0.343. The van der Waals surface area contributed by atoms with Crippen molar-refractivity contribution in [3.05, 3.63) is 0 Å². The molecular formula is C8H15N3O2S. The minimum absolute atomic E-state index is 0.113. The zero-order valence-electron chi connectivity index (χ0n) is 8.06. The average Bonchev–Trinajstić information content (AvgIpc) is 2.48. The summed E-state index contributed by atoms with van der Waals surface area (Å²) in [6, 6.07) is -0.113. The van der Waals surface area contributed by atoms with Crippen molar-refractivity contribution >= 4 is 23.1 Å². The molecule has 0 aromatic rings. The van der Waals surface area contributed by atoms with E-state index in [1.54, 1.807) is 0 Å². The summed E-state index contributed by atoms with van der Waals surface area (Å²) in [4.78, 5) is 13.2. The Hall–Kier alpha value is -0.720. The molecule has 1 heterocycles. The van der Waals surface area contributed by atoms with Gasteiger partial charge in [0.05, 0.1) is 11.0 Å². The quantitative estimate of drug-likeness (QED) is 0.505. The van der Waals surface area contributed by atoms with Crippen LogP contribution in [0.1, 0.15) is 13.3 Å². The Morgan fingerprint density at radius 2 is 2.21 bits per heavy atom. The Morgan fingerprint density at radius 1 is 1.64 bits per heavy atom. The molecule has 0 bridgehead atoms. The van der Waals surface area contributed by atoms with Crippen molar-refractivity contribution in [2.45, 2.75) is 25.0 Å². The first-order chi connectivity index (χ1) is 6.37. The summed E-state index contributed by atoms with van der Waals surface area (Å²) >= 11 is 4.83. The minimum Gasteiger partial charge on any atom is -0.392 e. The number of carbonyl (C=O) groups is 1. The van der Waals surface area contributed by atoms with Gasteiger partial charge in [0.2, 0.25) is 0 Å². The van der Waals surface area contributed by atoms with Crippen molar-refractivity contribution in [2.75, 3.05) is 13.1 Å². The average molecular weight is 217 g/mol. The Balaban J connectivity index is 2.65. The molecule has 0 radical (unpaired) electrons. The van der Waals surface area contributed by atoms with Gasteiger partial charge >= 0.3 is 0 Å². The van der Waals surface area contributed by atoms with E-state index in [0.717, 1.165) is 0 Å². The third-order valence-electron chi connectivity index (χ3n) is 2.70. The van der Waals surface area contributed by atoms with Crippen LogP contribution in [0.3, 0.4) is 0 Å². The molecule has 1 aliphatic rings. The Labute approximate surface area is 88.0 Å². The number of amides is 1. The third-order valence-corrected chi connectivity index (χ3v) is 3.04. The molecule has 0 aromatic carbocycles. The SMILES string of the molecule is CC(C(N)=S)N1CCC(O)(C(N)=O)C1. The van der Waals surface area contributed by atoms with Crippen molar-refractivity contribution in [1.29, 1.82) is 0 Å². The van der Waals surface area contributed by atoms with Gasteiger partial charge in [-0.15, -0.1) is 0 Å². The maximum absolute atomic E-state index is 10.9. The van der Waals surface area contributed by atoms with Gasteiger partial charge in [0, 0.05) is 13.1 Å². The Bertz CT molecular complexity index is 271. The number of hydrogen-bond acceptors (Lipinski definition) is 4. The number of primary amides is 1. The maximum Gasteiger partial charge on any atom is 0.250 e. The van der Waals surface area contributed by atoms with E-state index >= 15 is 0 Å². The van der Waals surface area contributed by atoms with Gasteiger partial charge in [0.25, 0.3) is 5.91 Å². The summed E-state index contributed by atoms with van der Waals surface area (Å²) in [6.45, 7) is 2.63. The molecule has 1 aliphatic heterocycles. The lowest BCUT2D eigenvalue weighted by atomic mass is 10.0. The molecule has 80 valence electrons. The normalized spacial score (nSPS) is 30.1. The molecule has 2 unspecified atom stereocenters. The zero-order valence-corrected chi connectivity index (χ0v) is 8.88. The van der Waals surface area contributed by atoms with Crippen LogP contribution in [0, 0.1) is 0 Å². The molecule has 1 saturated heterocycles. The van der Waals surface area contributed by atoms with Crippen molar-refractivity contribution < 1.29 is 9.90 Å². The Kier molecular flexibility index (Phi) is 3.08. The molecule has 1 fully saturated rings. The first-order valence-electron chi connectivity index (χ1n) is 4.42. The topological polar surface area (TPSA) is 92.6 Å². The van der Waals surface area contributed by atoms with Gasteiger partial charge in [0.1, 0.15) is 0 Å². The molecule has 6 heteroatoms. The number of thiocarbonyl (C=S) groups is 1. The van der Waals surface area contributed by atoms with Gasteiger partial charge in [-0.3, -0.25) is 9.69 Å². The van der Waals surface area contributed by atoms with Crippen LogP contribution in [0.15, 0.2) is 0 Å². The highest BCUT2D eigenvalue weighted by Gasteiger charge is 2.42. The zero-order chi connectivity index (χ0) is 10.9. The van der Waals surface area contributed by atoms with E-state index in [4.69, 9.17) is 23.7 Å². The highest BCUT2D eigenvalue weighted by atomic mass is 32.1. The second-order valence-electron chi connectivity index (χ2n) is 3.69. The molecule has 0 aromatic heterocycles. The summed E-state index contributed by atoms with van der Waals surface area (Å²) in [5.41, 5.74) is 9.15. The van der Waals surface area contributed by atoms with Crippen molar-refractivity contribution in [1.82, 2.24) is 4.90 Å². The van der Waals surface area contributed by atoms with E-state index in [2.05, 4.69) is 0 Å². The van der Waals surface area contributed by atoms with Crippen LogP contribution in [0.25, 0.3) is 0 Å². The van der Waals surface area contributed by atoms with Crippen molar-refractivity contribution in [2.24, 2.45) is 11.5 Å². The molecule has 1 rings (SSSR count). The fraction of sp³-hybridized carbons (Fsp3) is 0.750. The number of carbonyl (C=O) groups excluding carboxylic acids is 1. The molecule has 0 saturated carbocycles. The Morgan fingerprint density at radius 3 is 2.57 bits per heavy atom. The number of nitrogens with zero attached hydrogens (tertiary/aromatic N) is 1. The maximum atomic E-state index is 10.9. The second kappa shape index (κ2) is 3.80. The minimum atomic E-state index is -1.42. The monoisotopic (exact) mass is 217 g/mol.